The number of morpholine rings is 1. The molecule has 0 aromatic carbocycles. The minimum Gasteiger partial charge on any atom is -0.374 e. The minimum atomic E-state index is -0.162. The Kier molecular flexibility index (Phi) is 6.93. The van der Waals surface area contributed by atoms with E-state index in [1.54, 1.807) is 0 Å². The first-order chi connectivity index (χ1) is 12.0. The maximum Gasteiger partial charge on any atom is 0.225 e. The van der Waals surface area contributed by atoms with Crippen molar-refractivity contribution in [2.24, 2.45) is 0 Å². The Morgan fingerprint density at radius 2 is 2.12 bits per heavy atom. The largest absolute Gasteiger partial charge is 0.374 e. The van der Waals surface area contributed by atoms with Crippen molar-refractivity contribution in [1.82, 2.24) is 19.6 Å². The van der Waals surface area contributed by atoms with Gasteiger partial charge in [0.05, 0.1) is 37.1 Å². The SMILES string of the molecule is Cc1cc(C)n(C[C@@H]2CN(CCC(=O)N(CC#N)CC#N)CCO2)n1. The molecule has 1 aliphatic heterocycles. The molecule has 25 heavy (non-hydrogen) atoms. The van der Waals surface area contributed by atoms with Gasteiger partial charge in [0, 0.05) is 31.7 Å². The Hall–Kier alpha value is -2.42. The predicted octanol–water partition coefficient (Wildman–Crippen LogP) is 0.467. The third-order valence-corrected chi connectivity index (χ3v) is 4.22. The summed E-state index contributed by atoms with van der Waals surface area (Å²) < 4.78 is 7.78. The van der Waals surface area contributed by atoms with Gasteiger partial charge in [-0.15, -0.1) is 0 Å². The topological polar surface area (TPSA) is 98.2 Å². The zero-order valence-corrected chi connectivity index (χ0v) is 14.8. The number of hydrogen-bond acceptors (Lipinski definition) is 6. The molecule has 0 unspecified atom stereocenters. The first-order valence-corrected chi connectivity index (χ1v) is 8.40. The van der Waals surface area contributed by atoms with Crippen LogP contribution in [-0.4, -0.2) is 70.9 Å². The molecule has 8 heteroatoms. The van der Waals surface area contributed by atoms with Crippen molar-refractivity contribution in [3.63, 3.8) is 0 Å². The van der Waals surface area contributed by atoms with Crippen LogP contribution in [0, 0.1) is 36.5 Å². The fourth-order valence-electron chi connectivity index (χ4n) is 2.96. The van der Waals surface area contributed by atoms with Gasteiger partial charge >= 0.3 is 0 Å². The summed E-state index contributed by atoms with van der Waals surface area (Å²) in [5, 5.41) is 21.9. The maximum atomic E-state index is 12.1. The molecule has 0 bridgehead atoms. The Morgan fingerprint density at radius 3 is 2.72 bits per heavy atom. The van der Waals surface area contributed by atoms with Gasteiger partial charge < -0.3 is 9.64 Å². The molecular weight excluding hydrogens is 320 g/mol. The molecule has 0 saturated carbocycles. The monoisotopic (exact) mass is 344 g/mol. The summed E-state index contributed by atoms with van der Waals surface area (Å²) in [7, 11) is 0. The molecule has 134 valence electrons. The maximum absolute atomic E-state index is 12.1. The van der Waals surface area contributed by atoms with Crippen molar-refractivity contribution in [2.75, 3.05) is 39.3 Å². The summed E-state index contributed by atoms with van der Waals surface area (Å²) in [5.74, 6) is -0.162. The zero-order valence-electron chi connectivity index (χ0n) is 14.8. The van der Waals surface area contributed by atoms with Crippen molar-refractivity contribution in [3.05, 3.63) is 17.5 Å². The lowest BCUT2D eigenvalue weighted by Gasteiger charge is -2.33. The molecule has 0 radical (unpaired) electrons. The quantitative estimate of drug-likeness (QED) is 0.667. The zero-order chi connectivity index (χ0) is 18.2. The Balaban J connectivity index is 1.83. The van der Waals surface area contributed by atoms with E-state index in [9.17, 15) is 4.79 Å². The molecule has 1 aromatic rings. The summed E-state index contributed by atoms with van der Waals surface area (Å²) in [6.07, 6.45) is 0.340. The molecule has 1 atom stereocenters. The van der Waals surface area contributed by atoms with Crippen LogP contribution in [0.4, 0.5) is 0 Å². The second kappa shape index (κ2) is 9.16. The van der Waals surface area contributed by atoms with E-state index in [1.807, 2.05) is 36.7 Å². The van der Waals surface area contributed by atoms with Crippen LogP contribution in [0.3, 0.4) is 0 Å². The number of rotatable bonds is 7. The predicted molar refractivity (Wildman–Crippen MR) is 90.3 cm³/mol. The molecule has 1 amide bonds. The van der Waals surface area contributed by atoms with E-state index in [2.05, 4.69) is 10.00 Å². The van der Waals surface area contributed by atoms with Crippen LogP contribution in [0.25, 0.3) is 0 Å². The highest BCUT2D eigenvalue weighted by Crippen LogP contribution is 2.11. The van der Waals surface area contributed by atoms with Gasteiger partial charge in [-0.1, -0.05) is 0 Å². The molecule has 0 spiro atoms. The summed E-state index contributed by atoms with van der Waals surface area (Å²) >= 11 is 0. The molecule has 1 fully saturated rings. The molecule has 1 aromatic heterocycles. The fraction of sp³-hybridized carbons (Fsp3) is 0.647. The van der Waals surface area contributed by atoms with E-state index in [0.717, 1.165) is 24.5 Å². The van der Waals surface area contributed by atoms with Gasteiger partial charge in [0.15, 0.2) is 0 Å². The second-order valence-corrected chi connectivity index (χ2v) is 6.22. The van der Waals surface area contributed by atoms with Crippen molar-refractivity contribution < 1.29 is 9.53 Å². The summed E-state index contributed by atoms with van der Waals surface area (Å²) in [6.45, 7) is 7.34. The van der Waals surface area contributed by atoms with E-state index in [-0.39, 0.29) is 25.1 Å². The van der Waals surface area contributed by atoms with Crippen LogP contribution in [0.5, 0.6) is 0 Å². The fourth-order valence-corrected chi connectivity index (χ4v) is 2.96. The van der Waals surface area contributed by atoms with Crippen molar-refractivity contribution in [1.29, 1.82) is 10.5 Å². The van der Waals surface area contributed by atoms with E-state index in [0.29, 0.717) is 26.1 Å². The molecule has 2 heterocycles. The summed E-state index contributed by atoms with van der Waals surface area (Å²) in [4.78, 5) is 15.6. The molecule has 0 aliphatic carbocycles. The first kappa shape index (κ1) is 18.9. The molecule has 0 N–H and O–H groups in total. The highest BCUT2D eigenvalue weighted by Gasteiger charge is 2.23. The number of nitriles is 2. The number of carbonyl (C=O) groups is 1. The number of aromatic nitrogens is 2. The second-order valence-electron chi connectivity index (χ2n) is 6.22. The standard InChI is InChI=1S/C17H24N6O2/c1-14-11-15(2)23(20-14)13-16-12-21(9-10-25-16)6-3-17(24)22(7-4-18)8-5-19/h11,16H,3,6-10,12-13H2,1-2H3/t16-/m0/s1. The molecule has 8 nitrogen and oxygen atoms in total. The average Bonchev–Trinajstić information content (AvgIpc) is 2.90. The molecule has 2 rings (SSSR count). The van der Waals surface area contributed by atoms with Crippen LogP contribution in [0.1, 0.15) is 17.8 Å². The average molecular weight is 344 g/mol. The van der Waals surface area contributed by atoms with Gasteiger partial charge in [0.2, 0.25) is 5.91 Å². The van der Waals surface area contributed by atoms with Crippen molar-refractivity contribution >= 4 is 5.91 Å². The number of ether oxygens (including phenoxy) is 1. The van der Waals surface area contributed by atoms with Crippen molar-refractivity contribution in [3.8, 4) is 12.1 Å². The van der Waals surface area contributed by atoms with Crippen molar-refractivity contribution in [2.45, 2.75) is 32.9 Å². The van der Waals surface area contributed by atoms with E-state index in [4.69, 9.17) is 15.3 Å². The van der Waals surface area contributed by atoms with Gasteiger partial charge in [-0.3, -0.25) is 14.4 Å². The van der Waals surface area contributed by atoms with Gasteiger partial charge in [-0.2, -0.15) is 15.6 Å². The number of carbonyl (C=O) groups excluding carboxylic acids is 1. The van der Waals surface area contributed by atoms with E-state index < -0.39 is 0 Å². The molecule has 1 saturated heterocycles. The molecule has 1 aliphatic rings. The van der Waals surface area contributed by atoms with Crippen LogP contribution in [0.15, 0.2) is 6.07 Å². The van der Waals surface area contributed by atoms with Crippen LogP contribution < -0.4 is 0 Å². The number of nitrogens with zero attached hydrogens (tertiary/aromatic N) is 6. The third kappa shape index (κ3) is 5.56. The lowest BCUT2D eigenvalue weighted by molar-refractivity contribution is -0.130. The van der Waals surface area contributed by atoms with Crippen LogP contribution >= 0.6 is 0 Å². The van der Waals surface area contributed by atoms with Gasteiger partial charge in [0.1, 0.15) is 13.1 Å². The third-order valence-electron chi connectivity index (χ3n) is 4.22. The highest BCUT2D eigenvalue weighted by atomic mass is 16.5. The van der Waals surface area contributed by atoms with Gasteiger partial charge in [0.25, 0.3) is 0 Å². The van der Waals surface area contributed by atoms with E-state index >= 15 is 0 Å². The van der Waals surface area contributed by atoms with E-state index in [1.165, 1.54) is 4.90 Å². The normalized spacial score (nSPS) is 17.7. The van der Waals surface area contributed by atoms with Gasteiger partial charge in [-0.05, 0) is 19.9 Å². The lowest BCUT2D eigenvalue weighted by Crippen LogP contribution is -2.45. The smallest absolute Gasteiger partial charge is 0.225 e. The summed E-state index contributed by atoms with van der Waals surface area (Å²) in [5.41, 5.74) is 2.10. The Morgan fingerprint density at radius 1 is 1.40 bits per heavy atom. The number of aryl methyl sites for hydroxylation is 2. The van der Waals surface area contributed by atoms with Crippen LogP contribution in [-0.2, 0) is 16.1 Å². The number of hydrogen-bond donors (Lipinski definition) is 0. The van der Waals surface area contributed by atoms with Crippen LogP contribution in [0.2, 0.25) is 0 Å². The number of amides is 1. The Labute approximate surface area is 148 Å². The lowest BCUT2D eigenvalue weighted by atomic mass is 10.2. The molecular formula is C17H24N6O2. The first-order valence-electron chi connectivity index (χ1n) is 8.40. The highest BCUT2D eigenvalue weighted by molar-refractivity contribution is 5.76. The van der Waals surface area contributed by atoms with Gasteiger partial charge in [-0.25, -0.2) is 0 Å². The summed E-state index contributed by atoms with van der Waals surface area (Å²) in [6, 6.07) is 5.89. The minimum absolute atomic E-state index is 0.0381. The Bertz CT molecular complexity index is 656.